The minimum absolute atomic E-state index is 0.0119. The van der Waals surface area contributed by atoms with Crippen LogP contribution in [0, 0.1) is 6.92 Å². The average Bonchev–Trinajstić information content (AvgIpc) is 2.32. The van der Waals surface area contributed by atoms with E-state index in [1.165, 1.54) is 5.56 Å². The van der Waals surface area contributed by atoms with Gasteiger partial charge in [-0.05, 0) is 24.6 Å². The zero-order valence-corrected chi connectivity index (χ0v) is 9.52. The molecule has 0 aromatic heterocycles. The molecular formula is C12H18N2O2. The molecule has 0 amide bonds. The van der Waals surface area contributed by atoms with Crippen LogP contribution in [0.2, 0.25) is 0 Å². The molecule has 1 aromatic rings. The maximum absolute atomic E-state index is 9.32. The summed E-state index contributed by atoms with van der Waals surface area (Å²) in [6.45, 7) is 4.15. The number of hydrogen-bond acceptors (Lipinski definition) is 4. The maximum atomic E-state index is 9.32. The zero-order chi connectivity index (χ0) is 11.5. The SMILES string of the molecule is Cc1ccc(N)c(N2CCOCC2CO)c1. The monoisotopic (exact) mass is 222 g/mol. The Balaban J connectivity index is 2.30. The number of aliphatic hydroxyl groups is 1. The second kappa shape index (κ2) is 4.72. The highest BCUT2D eigenvalue weighted by molar-refractivity contribution is 5.69. The summed E-state index contributed by atoms with van der Waals surface area (Å²) in [5.41, 5.74) is 8.90. The predicted octanol–water partition coefficient (Wildman–Crippen LogP) is 0.775. The lowest BCUT2D eigenvalue weighted by Gasteiger charge is -2.37. The minimum atomic E-state index is 0.0119. The van der Waals surface area contributed by atoms with Crippen molar-refractivity contribution in [2.75, 3.05) is 37.0 Å². The number of ether oxygens (including phenoxy) is 1. The predicted molar refractivity (Wildman–Crippen MR) is 64.6 cm³/mol. The van der Waals surface area contributed by atoms with Gasteiger partial charge in [0.15, 0.2) is 0 Å². The van der Waals surface area contributed by atoms with Gasteiger partial charge in [0.25, 0.3) is 0 Å². The van der Waals surface area contributed by atoms with Gasteiger partial charge in [0.05, 0.1) is 37.2 Å². The Hall–Kier alpha value is -1.26. The van der Waals surface area contributed by atoms with E-state index in [1.807, 2.05) is 19.1 Å². The Morgan fingerprint density at radius 3 is 3.12 bits per heavy atom. The lowest BCUT2D eigenvalue weighted by Crippen LogP contribution is -2.47. The third-order valence-electron chi connectivity index (χ3n) is 2.93. The molecule has 1 aliphatic rings. The maximum Gasteiger partial charge on any atom is 0.0756 e. The Bertz CT molecular complexity index is 368. The first-order chi connectivity index (χ1) is 7.72. The standard InChI is InChI=1S/C12H18N2O2/c1-9-2-3-11(13)12(6-9)14-4-5-16-8-10(14)7-15/h2-3,6,10,15H,4-5,7-8,13H2,1H3. The molecule has 0 spiro atoms. The van der Waals surface area contributed by atoms with E-state index in [1.54, 1.807) is 0 Å². The van der Waals surface area contributed by atoms with Gasteiger partial charge >= 0.3 is 0 Å². The quantitative estimate of drug-likeness (QED) is 0.726. The molecule has 4 heteroatoms. The van der Waals surface area contributed by atoms with Crippen LogP contribution in [0.4, 0.5) is 11.4 Å². The van der Waals surface area contributed by atoms with Crippen LogP contribution in [0.25, 0.3) is 0 Å². The van der Waals surface area contributed by atoms with Crippen LogP contribution in [0.3, 0.4) is 0 Å². The lowest BCUT2D eigenvalue weighted by molar-refractivity contribution is 0.0728. The van der Waals surface area contributed by atoms with Crippen LogP contribution in [0.5, 0.6) is 0 Å². The summed E-state index contributed by atoms with van der Waals surface area (Å²) in [6.07, 6.45) is 0. The second-order valence-corrected chi connectivity index (χ2v) is 4.17. The smallest absolute Gasteiger partial charge is 0.0756 e. The third kappa shape index (κ3) is 2.13. The fourth-order valence-corrected chi connectivity index (χ4v) is 2.03. The van der Waals surface area contributed by atoms with Gasteiger partial charge in [-0.2, -0.15) is 0 Å². The summed E-state index contributed by atoms with van der Waals surface area (Å²) in [4.78, 5) is 2.13. The van der Waals surface area contributed by atoms with Crippen LogP contribution in [-0.4, -0.2) is 37.5 Å². The van der Waals surface area contributed by atoms with Gasteiger partial charge in [0.2, 0.25) is 0 Å². The molecule has 0 aliphatic carbocycles. The van der Waals surface area contributed by atoms with Crippen molar-refractivity contribution in [3.8, 4) is 0 Å². The molecule has 1 unspecified atom stereocenters. The number of anilines is 2. The fourth-order valence-electron chi connectivity index (χ4n) is 2.03. The van der Waals surface area contributed by atoms with Crippen molar-refractivity contribution in [1.29, 1.82) is 0 Å². The topological polar surface area (TPSA) is 58.7 Å². The molecule has 4 nitrogen and oxygen atoms in total. The number of aryl methyl sites for hydroxylation is 1. The number of nitrogens with zero attached hydrogens (tertiary/aromatic N) is 1. The van der Waals surface area contributed by atoms with E-state index in [-0.39, 0.29) is 12.6 Å². The van der Waals surface area contributed by atoms with Gasteiger partial charge < -0.3 is 20.5 Å². The molecule has 88 valence electrons. The molecule has 1 fully saturated rings. The van der Waals surface area contributed by atoms with E-state index < -0.39 is 0 Å². The van der Waals surface area contributed by atoms with Gasteiger partial charge in [-0.1, -0.05) is 6.07 Å². The molecule has 1 saturated heterocycles. The highest BCUT2D eigenvalue weighted by atomic mass is 16.5. The van der Waals surface area contributed by atoms with E-state index in [0.29, 0.717) is 13.2 Å². The van der Waals surface area contributed by atoms with Crippen LogP contribution in [0.15, 0.2) is 18.2 Å². The number of nitrogen functional groups attached to an aromatic ring is 1. The first-order valence-corrected chi connectivity index (χ1v) is 5.53. The van der Waals surface area contributed by atoms with Gasteiger partial charge in [-0.15, -0.1) is 0 Å². The van der Waals surface area contributed by atoms with E-state index in [9.17, 15) is 5.11 Å². The molecule has 0 saturated carbocycles. The highest BCUT2D eigenvalue weighted by Crippen LogP contribution is 2.27. The van der Waals surface area contributed by atoms with Crippen molar-refractivity contribution in [3.05, 3.63) is 23.8 Å². The molecule has 1 aromatic carbocycles. The van der Waals surface area contributed by atoms with Crippen LogP contribution in [0.1, 0.15) is 5.56 Å². The molecule has 1 atom stereocenters. The van der Waals surface area contributed by atoms with Crippen molar-refractivity contribution in [2.45, 2.75) is 13.0 Å². The van der Waals surface area contributed by atoms with Crippen molar-refractivity contribution in [1.82, 2.24) is 0 Å². The van der Waals surface area contributed by atoms with E-state index in [0.717, 1.165) is 17.9 Å². The minimum Gasteiger partial charge on any atom is -0.397 e. The van der Waals surface area contributed by atoms with Crippen molar-refractivity contribution in [3.63, 3.8) is 0 Å². The molecule has 2 rings (SSSR count). The number of benzene rings is 1. The molecule has 3 N–H and O–H groups in total. The number of aliphatic hydroxyl groups excluding tert-OH is 1. The first kappa shape index (κ1) is 11.2. The molecule has 0 radical (unpaired) electrons. The summed E-state index contributed by atoms with van der Waals surface area (Å²) >= 11 is 0. The largest absolute Gasteiger partial charge is 0.397 e. The van der Waals surface area contributed by atoms with E-state index in [2.05, 4.69) is 11.0 Å². The Kier molecular flexibility index (Phi) is 3.31. The summed E-state index contributed by atoms with van der Waals surface area (Å²) in [5, 5.41) is 9.32. The Morgan fingerprint density at radius 1 is 1.56 bits per heavy atom. The van der Waals surface area contributed by atoms with Crippen LogP contribution >= 0.6 is 0 Å². The van der Waals surface area contributed by atoms with E-state index in [4.69, 9.17) is 10.5 Å². The third-order valence-corrected chi connectivity index (χ3v) is 2.93. The zero-order valence-electron chi connectivity index (χ0n) is 9.52. The fraction of sp³-hybridized carbons (Fsp3) is 0.500. The Labute approximate surface area is 95.6 Å². The number of rotatable bonds is 2. The normalized spacial score (nSPS) is 21.1. The summed E-state index contributed by atoms with van der Waals surface area (Å²) in [7, 11) is 0. The number of morpholine rings is 1. The van der Waals surface area contributed by atoms with Gasteiger partial charge in [0, 0.05) is 6.54 Å². The summed E-state index contributed by atoms with van der Waals surface area (Å²) in [6, 6.07) is 5.98. The molecule has 0 bridgehead atoms. The molecule has 1 heterocycles. The molecule has 1 aliphatic heterocycles. The van der Waals surface area contributed by atoms with Crippen molar-refractivity contribution in [2.24, 2.45) is 0 Å². The van der Waals surface area contributed by atoms with Gasteiger partial charge in [-0.25, -0.2) is 0 Å². The van der Waals surface area contributed by atoms with Crippen LogP contribution in [-0.2, 0) is 4.74 Å². The summed E-state index contributed by atoms with van der Waals surface area (Å²) < 4.78 is 5.35. The molecular weight excluding hydrogens is 204 g/mol. The van der Waals surface area contributed by atoms with E-state index >= 15 is 0 Å². The summed E-state index contributed by atoms with van der Waals surface area (Å²) in [5.74, 6) is 0. The van der Waals surface area contributed by atoms with Crippen LogP contribution < -0.4 is 10.6 Å². The Morgan fingerprint density at radius 2 is 2.38 bits per heavy atom. The highest BCUT2D eigenvalue weighted by Gasteiger charge is 2.23. The van der Waals surface area contributed by atoms with Crippen molar-refractivity contribution < 1.29 is 9.84 Å². The van der Waals surface area contributed by atoms with Gasteiger partial charge in [-0.3, -0.25) is 0 Å². The van der Waals surface area contributed by atoms with Gasteiger partial charge in [0.1, 0.15) is 0 Å². The lowest BCUT2D eigenvalue weighted by atomic mass is 10.1. The van der Waals surface area contributed by atoms with Crippen molar-refractivity contribution >= 4 is 11.4 Å². The second-order valence-electron chi connectivity index (χ2n) is 4.17. The number of nitrogens with two attached hydrogens (primary N) is 1. The molecule has 16 heavy (non-hydrogen) atoms. The average molecular weight is 222 g/mol. The first-order valence-electron chi connectivity index (χ1n) is 5.53. The number of hydrogen-bond donors (Lipinski definition) is 2.